The number of benzene rings is 1. The van der Waals surface area contributed by atoms with Gasteiger partial charge in [-0.05, 0) is 44.0 Å². The number of piperidine rings is 1. The Kier molecular flexibility index (Phi) is 3.78. The van der Waals surface area contributed by atoms with E-state index in [1.807, 2.05) is 18.2 Å². The molecule has 5 nitrogen and oxygen atoms in total. The lowest BCUT2D eigenvalue weighted by molar-refractivity contribution is -0.121. The Bertz CT molecular complexity index is 504. The second kappa shape index (κ2) is 5.71. The molecule has 0 aliphatic carbocycles. The number of amides is 1. The molecular weight excluding hydrogens is 256 g/mol. The fraction of sp³-hybridized carbons (Fsp3) is 0.533. The predicted molar refractivity (Wildman–Crippen MR) is 74.9 cm³/mol. The van der Waals surface area contributed by atoms with Crippen LogP contribution >= 0.6 is 0 Å². The number of fused-ring (bicyclic) bond motifs is 1. The van der Waals surface area contributed by atoms with E-state index in [2.05, 4.69) is 17.6 Å². The van der Waals surface area contributed by atoms with Crippen LogP contribution in [-0.2, 0) is 11.2 Å². The van der Waals surface area contributed by atoms with Gasteiger partial charge in [0, 0.05) is 12.1 Å². The molecule has 0 bridgehead atoms. The van der Waals surface area contributed by atoms with Gasteiger partial charge < -0.3 is 20.1 Å². The van der Waals surface area contributed by atoms with Crippen LogP contribution in [0.2, 0.25) is 0 Å². The Morgan fingerprint density at radius 3 is 3.10 bits per heavy atom. The monoisotopic (exact) mass is 276 g/mol. The van der Waals surface area contributed by atoms with Gasteiger partial charge in [-0.1, -0.05) is 6.07 Å². The molecule has 0 radical (unpaired) electrons. The third kappa shape index (κ3) is 2.88. The van der Waals surface area contributed by atoms with Crippen molar-refractivity contribution in [3.8, 4) is 11.5 Å². The summed E-state index contributed by atoms with van der Waals surface area (Å²) in [7, 11) is 0. The predicted octanol–water partition coefficient (Wildman–Crippen LogP) is 1.21. The van der Waals surface area contributed by atoms with Gasteiger partial charge in [-0.15, -0.1) is 0 Å². The maximum absolute atomic E-state index is 12.1. The highest BCUT2D eigenvalue weighted by Gasteiger charge is 2.22. The summed E-state index contributed by atoms with van der Waals surface area (Å²) in [5.41, 5.74) is 0.947. The van der Waals surface area contributed by atoms with E-state index in [1.54, 1.807) is 0 Å². The van der Waals surface area contributed by atoms with E-state index in [-0.39, 0.29) is 18.7 Å². The van der Waals surface area contributed by atoms with Gasteiger partial charge in [-0.2, -0.15) is 0 Å². The molecule has 1 aromatic carbocycles. The van der Waals surface area contributed by atoms with Gasteiger partial charge in [0.2, 0.25) is 12.7 Å². The molecule has 2 atom stereocenters. The summed E-state index contributed by atoms with van der Waals surface area (Å²) in [5, 5.41) is 6.50. The molecule has 1 saturated heterocycles. The molecule has 1 fully saturated rings. The van der Waals surface area contributed by atoms with Crippen molar-refractivity contribution in [3.63, 3.8) is 0 Å². The van der Waals surface area contributed by atoms with E-state index in [9.17, 15) is 4.79 Å². The summed E-state index contributed by atoms with van der Waals surface area (Å²) in [4.78, 5) is 12.1. The van der Waals surface area contributed by atoms with Crippen molar-refractivity contribution in [1.82, 2.24) is 10.6 Å². The molecule has 0 saturated carbocycles. The minimum Gasteiger partial charge on any atom is -0.454 e. The zero-order valence-corrected chi connectivity index (χ0v) is 11.6. The average Bonchev–Trinajstić information content (AvgIpc) is 2.89. The van der Waals surface area contributed by atoms with E-state index in [0.29, 0.717) is 12.5 Å². The van der Waals surface area contributed by atoms with Gasteiger partial charge in [0.15, 0.2) is 11.5 Å². The van der Waals surface area contributed by atoms with Crippen molar-refractivity contribution < 1.29 is 14.3 Å². The molecular formula is C15H20N2O3. The maximum atomic E-state index is 12.1. The van der Waals surface area contributed by atoms with E-state index in [0.717, 1.165) is 36.4 Å². The van der Waals surface area contributed by atoms with E-state index < -0.39 is 0 Å². The molecule has 2 unspecified atom stereocenters. The third-order valence-corrected chi connectivity index (χ3v) is 3.91. The maximum Gasteiger partial charge on any atom is 0.231 e. The van der Waals surface area contributed by atoms with Crippen LogP contribution in [0.3, 0.4) is 0 Å². The van der Waals surface area contributed by atoms with Crippen molar-refractivity contribution in [2.24, 2.45) is 0 Å². The van der Waals surface area contributed by atoms with Gasteiger partial charge >= 0.3 is 0 Å². The van der Waals surface area contributed by atoms with Gasteiger partial charge in [0.25, 0.3) is 0 Å². The van der Waals surface area contributed by atoms with Crippen molar-refractivity contribution in [2.45, 2.75) is 38.3 Å². The largest absolute Gasteiger partial charge is 0.454 e. The van der Waals surface area contributed by atoms with Crippen LogP contribution in [0.1, 0.15) is 25.3 Å². The SMILES string of the molecule is CC1NCCCC1NC(=O)Cc1ccc2c(c1)OCO2. The normalized spacial score (nSPS) is 24.4. The summed E-state index contributed by atoms with van der Waals surface area (Å²) in [5.74, 6) is 1.53. The van der Waals surface area contributed by atoms with Gasteiger partial charge in [-0.25, -0.2) is 0 Å². The number of ether oxygens (including phenoxy) is 2. The second-order valence-corrected chi connectivity index (χ2v) is 5.42. The molecule has 20 heavy (non-hydrogen) atoms. The molecule has 2 aliphatic rings. The van der Waals surface area contributed by atoms with Crippen LogP contribution in [0.4, 0.5) is 0 Å². The smallest absolute Gasteiger partial charge is 0.231 e. The highest BCUT2D eigenvalue weighted by Crippen LogP contribution is 2.32. The standard InChI is InChI=1S/C15H20N2O3/c1-10-12(3-2-6-16-10)17-15(18)8-11-4-5-13-14(7-11)20-9-19-13/h4-5,7,10,12,16H,2-3,6,8-9H2,1H3,(H,17,18). The molecule has 2 heterocycles. The Balaban J connectivity index is 1.58. The van der Waals surface area contributed by atoms with Crippen LogP contribution < -0.4 is 20.1 Å². The topological polar surface area (TPSA) is 59.6 Å². The van der Waals surface area contributed by atoms with Crippen molar-refractivity contribution >= 4 is 5.91 Å². The first-order chi connectivity index (χ1) is 9.72. The van der Waals surface area contributed by atoms with Crippen LogP contribution in [0.15, 0.2) is 18.2 Å². The number of nitrogens with one attached hydrogen (secondary N) is 2. The summed E-state index contributed by atoms with van der Waals surface area (Å²) < 4.78 is 10.6. The number of carbonyl (C=O) groups is 1. The zero-order valence-electron chi connectivity index (χ0n) is 11.6. The van der Waals surface area contributed by atoms with Gasteiger partial charge in [0.1, 0.15) is 0 Å². The number of carbonyl (C=O) groups excluding carboxylic acids is 1. The summed E-state index contributed by atoms with van der Waals surface area (Å²) >= 11 is 0. The van der Waals surface area contributed by atoms with E-state index >= 15 is 0 Å². The lowest BCUT2D eigenvalue weighted by Gasteiger charge is -2.30. The number of hydrogen-bond donors (Lipinski definition) is 2. The van der Waals surface area contributed by atoms with Crippen LogP contribution in [0.25, 0.3) is 0 Å². The van der Waals surface area contributed by atoms with Crippen LogP contribution in [0.5, 0.6) is 11.5 Å². The minimum absolute atomic E-state index is 0.0596. The second-order valence-electron chi connectivity index (χ2n) is 5.42. The van der Waals surface area contributed by atoms with E-state index in [4.69, 9.17) is 9.47 Å². The molecule has 3 rings (SSSR count). The highest BCUT2D eigenvalue weighted by molar-refractivity contribution is 5.79. The Labute approximate surface area is 118 Å². The lowest BCUT2D eigenvalue weighted by Crippen LogP contribution is -2.52. The molecule has 2 aliphatic heterocycles. The quantitative estimate of drug-likeness (QED) is 0.871. The highest BCUT2D eigenvalue weighted by atomic mass is 16.7. The summed E-state index contributed by atoms with van der Waals surface area (Å²) in [6, 6.07) is 6.21. The molecule has 1 aromatic rings. The molecule has 0 aromatic heterocycles. The first kappa shape index (κ1) is 13.2. The Morgan fingerprint density at radius 1 is 1.40 bits per heavy atom. The van der Waals surface area contributed by atoms with Gasteiger partial charge in [0.05, 0.1) is 6.42 Å². The zero-order chi connectivity index (χ0) is 13.9. The summed E-state index contributed by atoms with van der Waals surface area (Å²) in [6.45, 7) is 3.41. The van der Waals surface area contributed by atoms with Gasteiger partial charge in [-0.3, -0.25) is 4.79 Å². The fourth-order valence-electron chi connectivity index (χ4n) is 2.74. The first-order valence-corrected chi connectivity index (χ1v) is 7.13. The van der Waals surface area contributed by atoms with Crippen molar-refractivity contribution in [3.05, 3.63) is 23.8 Å². The van der Waals surface area contributed by atoms with E-state index in [1.165, 1.54) is 0 Å². The molecule has 5 heteroatoms. The van der Waals surface area contributed by atoms with Crippen LogP contribution in [0, 0.1) is 0 Å². The molecule has 1 amide bonds. The molecule has 0 spiro atoms. The third-order valence-electron chi connectivity index (χ3n) is 3.91. The fourth-order valence-corrected chi connectivity index (χ4v) is 2.74. The average molecular weight is 276 g/mol. The van der Waals surface area contributed by atoms with Crippen molar-refractivity contribution in [2.75, 3.05) is 13.3 Å². The van der Waals surface area contributed by atoms with Crippen LogP contribution in [-0.4, -0.2) is 31.3 Å². The molecule has 108 valence electrons. The number of hydrogen-bond acceptors (Lipinski definition) is 4. The minimum atomic E-state index is 0.0596. The Morgan fingerprint density at radius 2 is 2.25 bits per heavy atom. The summed E-state index contributed by atoms with van der Waals surface area (Å²) in [6.07, 6.45) is 2.53. The molecule has 2 N–H and O–H groups in total. The number of rotatable bonds is 3. The Hall–Kier alpha value is -1.75. The lowest BCUT2D eigenvalue weighted by atomic mass is 9.99. The first-order valence-electron chi connectivity index (χ1n) is 7.13. The van der Waals surface area contributed by atoms with Crippen molar-refractivity contribution in [1.29, 1.82) is 0 Å².